The van der Waals surface area contributed by atoms with Crippen LogP contribution in [0, 0.1) is 0 Å². The quantitative estimate of drug-likeness (QED) is 0.873. The molecule has 108 valence electrons. The van der Waals surface area contributed by atoms with Crippen LogP contribution in [0.1, 0.15) is 30.8 Å². The Bertz CT molecular complexity index is 566. The maximum absolute atomic E-state index is 6.32. The van der Waals surface area contributed by atoms with Crippen molar-refractivity contribution in [1.82, 2.24) is 14.9 Å². The van der Waals surface area contributed by atoms with Crippen LogP contribution < -0.4 is 5.32 Å². The lowest BCUT2D eigenvalue weighted by Crippen LogP contribution is -2.25. The SMILES string of the molecule is CCCNC(Cc1nccn1C)c1cc(Cl)ccc1Cl. The molecule has 2 rings (SSSR count). The van der Waals surface area contributed by atoms with E-state index in [2.05, 4.69) is 17.2 Å². The van der Waals surface area contributed by atoms with E-state index in [1.54, 1.807) is 0 Å². The molecule has 1 aromatic carbocycles. The van der Waals surface area contributed by atoms with E-state index in [1.807, 2.05) is 42.2 Å². The molecule has 0 spiro atoms. The molecule has 0 radical (unpaired) electrons. The summed E-state index contributed by atoms with van der Waals surface area (Å²) in [5.74, 6) is 1.02. The number of aromatic nitrogens is 2. The first kappa shape index (κ1) is 15.4. The zero-order valence-electron chi connectivity index (χ0n) is 11.7. The Morgan fingerprint density at radius 2 is 2.15 bits per heavy atom. The Kier molecular flexibility index (Phi) is 5.46. The summed E-state index contributed by atoms with van der Waals surface area (Å²) in [7, 11) is 2.00. The van der Waals surface area contributed by atoms with Gasteiger partial charge in [-0.15, -0.1) is 0 Å². The number of halogens is 2. The lowest BCUT2D eigenvalue weighted by molar-refractivity contribution is 0.512. The van der Waals surface area contributed by atoms with Crippen molar-refractivity contribution in [2.45, 2.75) is 25.8 Å². The van der Waals surface area contributed by atoms with E-state index in [4.69, 9.17) is 23.2 Å². The highest BCUT2D eigenvalue weighted by Crippen LogP contribution is 2.28. The second-order valence-electron chi connectivity index (χ2n) is 4.83. The maximum atomic E-state index is 6.32. The van der Waals surface area contributed by atoms with E-state index >= 15 is 0 Å². The summed E-state index contributed by atoms with van der Waals surface area (Å²) in [5, 5.41) is 4.96. The predicted octanol–water partition coefficient (Wildman–Crippen LogP) is 4.01. The average Bonchev–Trinajstić information content (AvgIpc) is 2.83. The van der Waals surface area contributed by atoms with Crippen LogP contribution in [0.15, 0.2) is 30.6 Å². The number of rotatable bonds is 6. The van der Waals surface area contributed by atoms with Gasteiger partial charge >= 0.3 is 0 Å². The van der Waals surface area contributed by atoms with Gasteiger partial charge in [0, 0.05) is 41.9 Å². The Balaban J connectivity index is 2.27. The molecule has 20 heavy (non-hydrogen) atoms. The molecule has 5 heteroatoms. The van der Waals surface area contributed by atoms with Crippen LogP contribution in [-0.2, 0) is 13.5 Å². The molecule has 3 nitrogen and oxygen atoms in total. The number of imidazole rings is 1. The molecule has 0 saturated heterocycles. The second-order valence-corrected chi connectivity index (χ2v) is 5.67. The lowest BCUT2D eigenvalue weighted by Gasteiger charge is -2.20. The Morgan fingerprint density at radius 1 is 1.35 bits per heavy atom. The second kappa shape index (κ2) is 7.11. The summed E-state index contributed by atoms with van der Waals surface area (Å²) in [6.07, 6.45) is 5.61. The van der Waals surface area contributed by atoms with E-state index in [9.17, 15) is 0 Å². The van der Waals surface area contributed by atoms with Crippen molar-refractivity contribution in [1.29, 1.82) is 0 Å². The fourth-order valence-corrected chi connectivity index (χ4v) is 2.60. The number of hydrogen-bond donors (Lipinski definition) is 1. The minimum atomic E-state index is 0.113. The highest BCUT2D eigenvalue weighted by molar-refractivity contribution is 6.33. The zero-order valence-corrected chi connectivity index (χ0v) is 13.2. The van der Waals surface area contributed by atoms with Gasteiger partial charge in [0.1, 0.15) is 5.82 Å². The third-order valence-corrected chi connectivity index (χ3v) is 3.86. The van der Waals surface area contributed by atoms with Crippen molar-refractivity contribution < 1.29 is 0 Å². The smallest absolute Gasteiger partial charge is 0.110 e. The summed E-state index contributed by atoms with van der Waals surface area (Å²) in [6, 6.07) is 5.70. The molecule has 0 fully saturated rings. The van der Waals surface area contributed by atoms with Gasteiger partial charge in [-0.3, -0.25) is 0 Å². The fraction of sp³-hybridized carbons (Fsp3) is 0.400. The summed E-state index contributed by atoms with van der Waals surface area (Å²) < 4.78 is 2.03. The van der Waals surface area contributed by atoms with E-state index < -0.39 is 0 Å². The van der Waals surface area contributed by atoms with Crippen molar-refractivity contribution >= 4 is 23.2 Å². The number of hydrogen-bond acceptors (Lipinski definition) is 2. The largest absolute Gasteiger partial charge is 0.338 e. The summed E-state index contributed by atoms with van der Waals surface area (Å²) >= 11 is 12.4. The van der Waals surface area contributed by atoms with Crippen LogP contribution in [-0.4, -0.2) is 16.1 Å². The Morgan fingerprint density at radius 3 is 2.80 bits per heavy atom. The van der Waals surface area contributed by atoms with Gasteiger partial charge in [-0.1, -0.05) is 30.1 Å². The third-order valence-electron chi connectivity index (χ3n) is 3.28. The zero-order chi connectivity index (χ0) is 14.5. The molecular formula is C15H19Cl2N3. The standard InChI is InChI=1S/C15H19Cl2N3/c1-3-6-18-14(10-15-19-7-8-20(15)2)12-9-11(16)4-5-13(12)17/h4-5,7-9,14,18H,3,6,10H2,1-2H3. The van der Waals surface area contributed by atoms with E-state index in [0.717, 1.165) is 35.8 Å². The first-order valence-electron chi connectivity index (χ1n) is 6.76. The molecule has 0 bridgehead atoms. The molecule has 1 heterocycles. The van der Waals surface area contributed by atoms with Gasteiger partial charge in [0.2, 0.25) is 0 Å². The van der Waals surface area contributed by atoms with Gasteiger partial charge < -0.3 is 9.88 Å². The van der Waals surface area contributed by atoms with Gasteiger partial charge in [-0.05, 0) is 36.7 Å². The molecular weight excluding hydrogens is 293 g/mol. The number of benzene rings is 1. The molecule has 0 aliphatic heterocycles. The van der Waals surface area contributed by atoms with Gasteiger partial charge in [0.05, 0.1) is 0 Å². The molecule has 0 aliphatic rings. The van der Waals surface area contributed by atoms with Gasteiger partial charge in [-0.25, -0.2) is 4.98 Å². The number of aryl methyl sites for hydroxylation is 1. The van der Waals surface area contributed by atoms with E-state index in [-0.39, 0.29) is 6.04 Å². The monoisotopic (exact) mass is 311 g/mol. The average molecular weight is 312 g/mol. The minimum absolute atomic E-state index is 0.113. The van der Waals surface area contributed by atoms with Gasteiger partial charge in [0.15, 0.2) is 0 Å². The molecule has 0 amide bonds. The normalized spacial score (nSPS) is 12.6. The first-order chi connectivity index (χ1) is 9.61. The van der Waals surface area contributed by atoms with Crippen LogP contribution in [0.5, 0.6) is 0 Å². The fourth-order valence-electron chi connectivity index (χ4n) is 2.17. The van der Waals surface area contributed by atoms with Crippen LogP contribution in [0.25, 0.3) is 0 Å². The third kappa shape index (κ3) is 3.75. The topological polar surface area (TPSA) is 29.9 Å². The van der Waals surface area contributed by atoms with Crippen LogP contribution in [0.3, 0.4) is 0 Å². The van der Waals surface area contributed by atoms with Crippen molar-refractivity contribution in [3.8, 4) is 0 Å². The molecule has 0 saturated carbocycles. The summed E-state index contributed by atoms with van der Waals surface area (Å²) in [4.78, 5) is 4.39. The molecule has 0 aliphatic carbocycles. The van der Waals surface area contributed by atoms with Crippen molar-refractivity contribution in [3.63, 3.8) is 0 Å². The van der Waals surface area contributed by atoms with E-state index in [1.165, 1.54) is 0 Å². The van der Waals surface area contributed by atoms with E-state index in [0.29, 0.717) is 5.02 Å². The van der Waals surface area contributed by atoms with Crippen LogP contribution in [0.2, 0.25) is 10.0 Å². The highest BCUT2D eigenvalue weighted by atomic mass is 35.5. The van der Waals surface area contributed by atoms with Crippen LogP contribution >= 0.6 is 23.2 Å². The predicted molar refractivity (Wildman–Crippen MR) is 84.4 cm³/mol. The van der Waals surface area contributed by atoms with Crippen LogP contribution in [0.4, 0.5) is 0 Å². The van der Waals surface area contributed by atoms with Gasteiger partial charge in [0.25, 0.3) is 0 Å². The summed E-state index contributed by atoms with van der Waals surface area (Å²) in [6.45, 7) is 3.07. The van der Waals surface area contributed by atoms with Gasteiger partial charge in [-0.2, -0.15) is 0 Å². The number of nitrogens with one attached hydrogen (secondary N) is 1. The Hall–Kier alpha value is -1.03. The van der Waals surface area contributed by atoms with Crippen molar-refractivity contribution in [3.05, 3.63) is 52.0 Å². The molecule has 1 unspecified atom stereocenters. The maximum Gasteiger partial charge on any atom is 0.110 e. The molecule has 1 aromatic heterocycles. The lowest BCUT2D eigenvalue weighted by atomic mass is 10.0. The Labute approximate surface area is 129 Å². The number of nitrogens with zero attached hydrogens (tertiary/aromatic N) is 2. The molecule has 1 N–H and O–H groups in total. The summed E-state index contributed by atoms with van der Waals surface area (Å²) in [5.41, 5.74) is 1.02. The molecule has 1 atom stereocenters. The molecule has 2 aromatic rings. The van der Waals surface area contributed by atoms with Crippen molar-refractivity contribution in [2.24, 2.45) is 7.05 Å². The minimum Gasteiger partial charge on any atom is -0.338 e. The highest BCUT2D eigenvalue weighted by Gasteiger charge is 2.17. The first-order valence-corrected chi connectivity index (χ1v) is 7.52. The van der Waals surface area contributed by atoms with Crippen molar-refractivity contribution in [2.75, 3.05) is 6.54 Å².